The summed E-state index contributed by atoms with van der Waals surface area (Å²) in [5.41, 5.74) is 1.77. The molecule has 0 bridgehead atoms. The summed E-state index contributed by atoms with van der Waals surface area (Å²) >= 11 is 0. The molecule has 1 aliphatic heterocycles. The summed E-state index contributed by atoms with van der Waals surface area (Å²) in [6, 6.07) is 9.86. The van der Waals surface area contributed by atoms with Gasteiger partial charge in [-0.25, -0.2) is 0 Å². The fraction of sp³-hybridized carbons (Fsp3) is 0.471. The molecule has 0 N–H and O–H groups in total. The van der Waals surface area contributed by atoms with Gasteiger partial charge >= 0.3 is 0 Å². The quantitative estimate of drug-likeness (QED) is 0.815. The van der Waals surface area contributed by atoms with Gasteiger partial charge in [0.1, 0.15) is 0 Å². The van der Waals surface area contributed by atoms with Gasteiger partial charge in [-0.1, -0.05) is 17.3 Å². The van der Waals surface area contributed by atoms with Gasteiger partial charge in [-0.15, -0.1) is 0 Å². The highest BCUT2D eigenvalue weighted by atomic mass is 16.5. The first-order valence-corrected chi connectivity index (χ1v) is 7.85. The van der Waals surface area contributed by atoms with Gasteiger partial charge in [-0.05, 0) is 37.5 Å². The minimum Gasteiger partial charge on any atom is -0.377 e. The van der Waals surface area contributed by atoms with Gasteiger partial charge in [0.2, 0.25) is 5.89 Å². The van der Waals surface area contributed by atoms with Gasteiger partial charge in [0.05, 0.1) is 24.3 Å². The normalized spacial score (nSPS) is 17.5. The van der Waals surface area contributed by atoms with Crippen LogP contribution in [0, 0.1) is 18.3 Å². The molecule has 6 heteroatoms. The van der Waals surface area contributed by atoms with Crippen LogP contribution in [0.25, 0.3) is 0 Å². The Balaban J connectivity index is 1.71. The van der Waals surface area contributed by atoms with Crippen molar-refractivity contribution in [2.45, 2.75) is 39.0 Å². The van der Waals surface area contributed by atoms with Crippen LogP contribution in [0.4, 0.5) is 0 Å². The van der Waals surface area contributed by atoms with Crippen molar-refractivity contribution in [3.05, 3.63) is 47.1 Å². The van der Waals surface area contributed by atoms with Gasteiger partial charge in [0, 0.05) is 19.7 Å². The highest BCUT2D eigenvalue weighted by Gasteiger charge is 2.21. The molecule has 1 aromatic carbocycles. The van der Waals surface area contributed by atoms with Gasteiger partial charge in [0.15, 0.2) is 5.82 Å². The van der Waals surface area contributed by atoms with Crippen molar-refractivity contribution >= 4 is 0 Å². The average molecular weight is 312 g/mol. The second-order valence-electron chi connectivity index (χ2n) is 5.85. The molecule has 2 heterocycles. The number of nitrogens with zero attached hydrogens (tertiary/aromatic N) is 4. The number of benzene rings is 1. The summed E-state index contributed by atoms with van der Waals surface area (Å²) in [7, 11) is 0. The van der Waals surface area contributed by atoms with E-state index in [2.05, 4.69) is 21.1 Å². The molecule has 120 valence electrons. The average Bonchev–Trinajstić information content (AvgIpc) is 3.19. The second-order valence-corrected chi connectivity index (χ2v) is 5.85. The molecule has 23 heavy (non-hydrogen) atoms. The maximum absolute atomic E-state index is 9.05. The number of hydrogen-bond acceptors (Lipinski definition) is 6. The standard InChI is InChI=1S/C17H20N4O2/c1-13-19-17(23-20-13)12-21(11-16-6-3-7-22-16)10-15-5-2-4-14(8-15)9-18/h2,4-5,8,16H,3,6-7,10-12H2,1H3/t16-/m1/s1. The van der Waals surface area contributed by atoms with Crippen molar-refractivity contribution < 1.29 is 9.26 Å². The Bertz CT molecular complexity index is 686. The van der Waals surface area contributed by atoms with Crippen molar-refractivity contribution in [2.24, 2.45) is 0 Å². The van der Waals surface area contributed by atoms with Crippen LogP contribution in [0.2, 0.25) is 0 Å². The van der Waals surface area contributed by atoms with E-state index in [0.717, 1.165) is 38.1 Å². The number of ether oxygens (including phenoxy) is 1. The zero-order chi connectivity index (χ0) is 16.1. The molecule has 0 saturated carbocycles. The summed E-state index contributed by atoms with van der Waals surface area (Å²) in [4.78, 5) is 6.52. The molecule has 1 fully saturated rings. The number of aryl methyl sites for hydroxylation is 1. The Morgan fingerprint density at radius 1 is 1.39 bits per heavy atom. The predicted molar refractivity (Wildman–Crippen MR) is 83.3 cm³/mol. The Labute approximate surface area is 135 Å². The molecular formula is C17H20N4O2. The van der Waals surface area contributed by atoms with Gasteiger partial charge in [-0.3, -0.25) is 4.90 Å². The molecule has 1 aromatic heterocycles. The van der Waals surface area contributed by atoms with Gasteiger partial charge in [0.25, 0.3) is 0 Å². The van der Waals surface area contributed by atoms with E-state index in [1.807, 2.05) is 31.2 Å². The first kappa shape index (κ1) is 15.7. The Morgan fingerprint density at radius 3 is 3.00 bits per heavy atom. The van der Waals surface area contributed by atoms with Crippen LogP contribution in [-0.2, 0) is 17.8 Å². The van der Waals surface area contributed by atoms with Crippen molar-refractivity contribution in [1.29, 1.82) is 5.26 Å². The number of rotatable bonds is 6. The summed E-state index contributed by atoms with van der Waals surface area (Å²) in [5.74, 6) is 1.25. The molecule has 0 aliphatic carbocycles. The van der Waals surface area contributed by atoms with Crippen LogP contribution in [0.15, 0.2) is 28.8 Å². The minimum atomic E-state index is 0.248. The van der Waals surface area contributed by atoms with Crippen molar-refractivity contribution in [1.82, 2.24) is 15.0 Å². The largest absolute Gasteiger partial charge is 0.377 e. The maximum atomic E-state index is 9.05. The molecule has 1 saturated heterocycles. The third-order valence-electron chi connectivity index (χ3n) is 3.88. The van der Waals surface area contributed by atoms with Crippen LogP contribution in [-0.4, -0.2) is 34.3 Å². The predicted octanol–water partition coefficient (Wildman–Crippen LogP) is 2.43. The first-order valence-electron chi connectivity index (χ1n) is 7.85. The van der Waals surface area contributed by atoms with Crippen molar-refractivity contribution in [3.63, 3.8) is 0 Å². The van der Waals surface area contributed by atoms with E-state index in [-0.39, 0.29) is 6.10 Å². The molecule has 2 aromatic rings. The molecule has 0 unspecified atom stereocenters. The zero-order valence-electron chi connectivity index (χ0n) is 13.2. The minimum absolute atomic E-state index is 0.248. The number of hydrogen-bond donors (Lipinski definition) is 0. The lowest BCUT2D eigenvalue weighted by Gasteiger charge is -2.23. The summed E-state index contributed by atoms with van der Waals surface area (Å²) < 4.78 is 11.0. The number of nitriles is 1. The third-order valence-corrected chi connectivity index (χ3v) is 3.88. The Hall–Kier alpha value is -2.23. The lowest BCUT2D eigenvalue weighted by Crippen LogP contribution is -2.31. The first-order chi connectivity index (χ1) is 11.2. The van der Waals surface area contributed by atoms with Crippen molar-refractivity contribution in [3.8, 4) is 6.07 Å². The SMILES string of the molecule is Cc1noc(CN(Cc2cccc(C#N)c2)C[C@H]2CCCO2)n1. The van der Waals surface area contributed by atoms with E-state index in [1.165, 1.54) is 0 Å². The Kier molecular flexibility index (Phi) is 5.01. The highest BCUT2D eigenvalue weighted by Crippen LogP contribution is 2.17. The molecule has 3 rings (SSSR count). The van der Waals surface area contributed by atoms with Gasteiger partial charge < -0.3 is 9.26 Å². The van der Waals surface area contributed by atoms with E-state index in [9.17, 15) is 0 Å². The smallest absolute Gasteiger partial charge is 0.240 e. The molecular weight excluding hydrogens is 292 g/mol. The fourth-order valence-corrected chi connectivity index (χ4v) is 2.85. The summed E-state index contributed by atoms with van der Waals surface area (Å²) in [5, 5.41) is 12.9. The lowest BCUT2D eigenvalue weighted by atomic mass is 10.1. The van der Waals surface area contributed by atoms with E-state index in [1.54, 1.807) is 0 Å². The molecule has 1 atom stereocenters. The van der Waals surface area contributed by atoms with Gasteiger partial charge in [-0.2, -0.15) is 10.2 Å². The van der Waals surface area contributed by atoms with E-state index in [0.29, 0.717) is 23.8 Å². The molecule has 0 amide bonds. The van der Waals surface area contributed by atoms with Crippen LogP contribution in [0.5, 0.6) is 0 Å². The van der Waals surface area contributed by atoms with E-state index in [4.69, 9.17) is 14.5 Å². The second kappa shape index (κ2) is 7.36. The van der Waals surface area contributed by atoms with Crippen LogP contribution < -0.4 is 0 Å². The summed E-state index contributed by atoms with van der Waals surface area (Å²) in [6.45, 7) is 4.77. The molecule has 0 spiro atoms. The topological polar surface area (TPSA) is 75.2 Å². The third kappa shape index (κ3) is 4.38. The lowest BCUT2D eigenvalue weighted by molar-refractivity contribution is 0.0640. The fourth-order valence-electron chi connectivity index (χ4n) is 2.85. The van der Waals surface area contributed by atoms with Crippen LogP contribution in [0.3, 0.4) is 0 Å². The van der Waals surface area contributed by atoms with Crippen LogP contribution in [0.1, 0.15) is 35.7 Å². The van der Waals surface area contributed by atoms with E-state index < -0.39 is 0 Å². The van der Waals surface area contributed by atoms with Crippen LogP contribution >= 0.6 is 0 Å². The maximum Gasteiger partial charge on any atom is 0.240 e. The van der Waals surface area contributed by atoms with Crippen molar-refractivity contribution in [2.75, 3.05) is 13.2 Å². The van der Waals surface area contributed by atoms with E-state index >= 15 is 0 Å². The molecule has 6 nitrogen and oxygen atoms in total. The zero-order valence-corrected chi connectivity index (χ0v) is 13.2. The summed E-state index contributed by atoms with van der Waals surface area (Å²) in [6.07, 6.45) is 2.44. The monoisotopic (exact) mass is 312 g/mol. The Morgan fingerprint density at radius 2 is 2.30 bits per heavy atom. The number of aromatic nitrogens is 2. The highest BCUT2D eigenvalue weighted by molar-refractivity contribution is 5.32. The molecule has 0 radical (unpaired) electrons. The molecule has 1 aliphatic rings.